The van der Waals surface area contributed by atoms with Crippen LogP contribution in [0, 0.1) is 17.1 Å². The molecule has 2 rings (SSSR count). The Morgan fingerprint density at radius 1 is 1.28 bits per heavy atom. The van der Waals surface area contributed by atoms with Crippen molar-refractivity contribution in [3.05, 3.63) is 47.9 Å². The van der Waals surface area contributed by atoms with E-state index in [-0.39, 0.29) is 11.3 Å². The molecule has 90 valence electrons. The van der Waals surface area contributed by atoms with E-state index in [1.54, 1.807) is 18.3 Å². The highest BCUT2D eigenvalue weighted by Gasteiger charge is 2.04. The van der Waals surface area contributed by atoms with Crippen LogP contribution >= 0.6 is 0 Å². The molecule has 1 heterocycles. The Morgan fingerprint density at radius 2 is 2.11 bits per heavy atom. The summed E-state index contributed by atoms with van der Waals surface area (Å²) in [6.07, 6.45) is 1.54. The second-order valence-electron chi connectivity index (χ2n) is 3.51. The fraction of sp³-hybridized carbons (Fsp3) is 0. The zero-order chi connectivity index (χ0) is 13.0. The maximum absolute atomic E-state index is 13.6. The van der Waals surface area contributed by atoms with Crippen LogP contribution in [-0.4, -0.2) is 4.98 Å². The van der Waals surface area contributed by atoms with Crippen molar-refractivity contribution < 1.29 is 4.39 Å². The minimum absolute atomic E-state index is 0.275. The lowest BCUT2D eigenvalue weighted by atomic mass is 10.2. The molecule has 0 fully saturated rings. The number of aromatic nitrogens is 1. The van der Waals surface area contributed by atoms with Crippen molar-refractivity contribution in [2.75, 3.05) is 10.7 Å². The van der Waals surface area contributed by atoms with Crippen molar-refractivity contribution in [2.45, 2.75) is 0 Å². The summed E-state index contributed by atoms with van der Waals surface area (Å²) >= 11 is 0. The molecule has 0 amide bonds. The van der Waals surface area contributed by atoms with Crippen LogP contribution < -0.4 is 16.6 Å². The first kappa shape index (κ1) is 11.8. The monoisotopic (exact) mass is 243 g/mol. The van der Waals surface area contributed by atoms with Gasteiger partial charge < -0.3 is 10.7 Å². The minimum Gasteiger partial charge on any atom is -0.353 e. The molecule has 0 aliphatic heterocycles. The van der Waals surface area contributed by atoms with E-state index in [2.05, 4.69) is 15.7 Å². The molecule has 0 saturated heterocycles. The SMILES string of the molecule is N#Cc1ccc(Nc2ccnc(NN)c2)c(F)c1. The lowest BCUT2D eigenvalue weighted by molar-refractivity contribution is 0.631. The van der Waals surface area contributed by atoms with Crippen LogP contribution in [0.3, 0.4) is 0 Å². The van der Waals surface area contributed by atoms with Gasteiger partial charge in [-0.15, -0.1) is 0 Å². The number of nitrogens with two attached hydrogens (primary N) is 1. The molecule has 1 aromatic heterocycles. The van der Waals surface area contributed by atoms with E-state index < -0.39 is 5.82 Å². The lowest BCUT2D eigenvalue weighted by Gasteiger charge is -2.08. The number of benzene rings is 1. The van der Waals surface area contributed by atoms with Gasteiger partial charge in [0.2, 0.25) is 0 Å². The molecule has 6 heteroatoms. The summed E-state index contributed by atoms with van der Waals surface area (Å²) in [5.41, 5.74) is 3.59. The molecule has 5 nitrogen and oxygen atoms in total. The third kappa shape index (κ3) is 2.53. The van der Waals surface area contributed by atoms with E-state index in [4.69, 9.17) is 11.1 Å². The number of rotatable bonds is 3. The van der Waals surface area contributed by atoms with Crippen LogP contribution in [0.25, 0.3) is 0 Å². The first-order valence-electron chi connectivity index (χ1n) is 5.12. The molecule has 4 N–H and O–H groups in total. The molecule has 0 aliphatic rings. The van der Waals surface area contributed by atoms with Crippen LogP contribution in [0.4, 0.5) is 21.6 Å². The van der Waals surface area contributed by atoms with Crippen LogP contribution in [-0.2, 0) is 0 Å². The average Bonchev–Trinajstić information content (AvgIpc) is 2.41. The van der Waals surface area contributed by atoms with E-state index in [1.165, 1.54) is 18.2 Å². The second-order valence-corrected chi connectivity index (χ2v) is 3.51. The number of hydrazine groups is 1. The van der Waals surface area contributed by atoms with E-state index in [0.29, 0.717) is 11.5 Å². The average molecular weight is 243 g/mol. The molecule has 0 aliphatic carbocycles. The van der Waals surface area contributed by atoms with Gasteiger partial charge in [-0.05, 0) is 24.3 Å². The summed E-state index contributed by atoms with van der Waals surface area (Å²) < 4.78 is 13.6. The van der Waals surface area contributed by atoms with Crippen molar-refractivity contribution >= 4 is 17.2 Å². The molecule has 2 aromatic rings. The predicted octanol–water partition coefficient (Wildman–Crippen LogP) is 2.12. The molecular weight excluding hydrogens is 233 g/mol. The third-order valence-electron chi connectivity index (χ3n) is 2.29. The van der Waals surface area contributed by atoms with Gasteiger partial charge in [0.15, 0.2) is 0 Å². The van der Waals surface area contributed by atoms with Crippen LogP contribution in [0.5, 0.6) is 0 Å². The number of pyridine rings is 1. The summed E-state index contributed by atoms with van der Waals surface area (Å²) in [6.45, 7) is 0. The molecular formula is C12H10FN5. The van der Waals surface area contributed by atoms with E-state index in [1.807, 2.05) is 6.07 Å². The summed E-state index contributed by atoms with van der Waals surface area (Å²) in [5.74, 6) is 5.20. The first-order valence-corrected chi connectivity index (χ1v) is 5.12. The van der Waals surface area contributed by atoms with E-state index in [0.717, 1.165) is 0 Å². The second kappa shape index (κ2) is 5.12. The standard InChI is InChI=1S/C12H10FN5/c13-10-5-8(7-14)1-2-11(10)17-9-3-4-16-12(6-9)18-15/h1-6H,15H2,(H2,16,17,18). The van der Waals surface area contributed by atoms with Gasteiger partial charge in [-0.25, -0.2) is 15.2 Å². The highest BCUT2D eigenvalue weighted by molar-refractivity contribution is 5.63. The number of nitrogen functional groups attached to an aromatic ring is 1. The first-order chi connectivity index (χ1) is 8.72. The zero-order valence-corrected chi connectivity index (χ0v) is 9.31. The number of nitriles is 1. The lowest BCUT2D eigenvalue weighted by Crippen LogP contribution is -2.08. The van der Waals surface area contributed by atoms with Gasteiger partial charge in [-0.1, -0.05) is 0 Å². The topological polar surface area (TPSA) is 86.8 Å². The van der Waals surface area contributed by atoms with Crippen molar-refractivity contribution in [2.24, 2.45) is 5.84 Å². The highest BCUT2D eigenvalue weighted by atomic mass is 19.1. The van der Waals surface area contributed by atoms with Gasteiger partial charge in [-0.2, -0.15) is 5.26 Å². The van der Waals surface area contributed by atoms with Crippen LogP contribution in [0.15, 0.2) is 36.5 Å². The minimum atomic E-state index is -0.492. The van der Waals surface area contributed by atoms with Gasteiger partial charge in [0.05, 0.1) is 17.3 Å². The largest absolute Gasteiger partial charge is 0.353 e. The molecule has 18 heavy (non-hydrogen) atoms. The van der Waals surface area contributed by atoms with Crippen molar-refractivity contribution in [3.63, 3.8) is 0 Å². The van der Waals surface area contributed by atoms with Gasteiger partial charge in [-0.3, -0.25) is 0 Å². The Labute approximate surface area is 103 Å². The maximum Gasteiger partial charge on any atom is 0.147 e. The Bertz CT molecular complexity index is 606. The Balaban J connectivity index is 2.26. The van der Waals surface area contributed by atoms with Crippen LogP contribution in [0.1, 0.15) is 5.56 Å². The molecule has 0 spiro atoms. The number of nitrogens with one attached hydrogen (secondary N) is 2. The van der Waals surface area contributed by atoms with Crippen molar-refractivity contribution in [3.8, 4) is 6.07 Å². The molecule has 0 saturated carbocycles. The van der Waals surface area contributed by atoms with Gasteiger partial charge in [0.1, 0.15) is 11.6 Å². The number of halogens is 1. The Kier molecular flexibility index (Phi) is 3.36. The predicted molar refractivity (Wildman–Crippen MR) is 66.4 cm³/mol. The molecule has 0 radical (unpaired) electrons. The molecule has 0 bridgehead atoms. The number of anilines is 3. The highest BCUT2D eigenvalue weighted by Crippen LogP contribution is 2.21. The molecule has 1 aromatic carbocycles. The van der Waals surface area contributed by atoms with Crippen molar-refractivity contribution in [1.29, 1.82) is 5.26 Å². The van der Waals surface area contributed by atoms with Gasteiger partial charge in [0.25, 0.3) is 0 Å². The summed E-state index contributed by atoms with van der Waals surface area (Å²) in [4.78, 5) is 3.94. The fourth-order valence-corrected chi connectivity index (χ4v) is 1.43. The Hall–Kier alpha value is -2.65. The summed E-state index contributed by atoms with van der Waals surface area (Å²) in [6, 6.07) is 9.40. The quantitative estimate of drug-likeness (QED) is 0.567. The smallest absolute Gasteiger partial charge is 0.147 e. The van der Waals surface area contributed by atoms with Gasteiger partial charge in [0, 0.05) is 18.0 Å². The maximum atomic E-state index is 13.6. The zero-order valence-electron chi connectivity index (χ0n) is 9.31. The third-order valence-corrected chi connectivity index (χ3v) is 2.29. The molecule has 0 unspecified atom stereocenters. The van der Waals surface area contributed by atoms with Crippen molar-refractivity contribution in [1.82, 2.24) is 4.98 Å². The number of hydrogen-bond acceptors (Lipinski definition) is 5. The van der Waals surface area contributed by atoms with Crippen LogP contribution in [0.2, 0.25) is 0 Å². The summed E-state index contributed by atoms with van der Waals surface area (Å²) in [7, 11) is 0. The number of hydrogen-bond donors (Lipinski definition) is 3. The fourth-order valence-electron chi connectivity index (χ4n) is 1.43. The van der Waals surface area contributed by atoms with Gasteiger partial charge >= 0.3 is 0 Å². The Morgan fingerprint density at radius 3 is 2.78 bits per heavy atom. The normalized spacial score (nSPS) is 9.61. The molecule has 0 atom stereocenters. The van der Waals surface area contributed by atoms with E-state index in [9.17, 15) is 4.39 Å². The number of nitrogens with zero attached hydrogens (tertiary/aromatic N) is 2. The summed E-state index contributed by atoms with van der Waals surface area (Å²) in [5, 5.41) is 11.5. The van der Waals surface area contributed by atoms with E-state index >= 15 is 0 Å².